The number of urea groups is 1. The van der Waals surface area contributed by atoms with Gasteiger partial charge in [0, 0.05) is 11.4 Å². The first-order valence-electron chi connectivity index (χ1n) is 11.3. The number of benzene rings is 5. The molecule has 0 saturated heterocycles. The van der Waals surface area contributed by atoms with Gasteiger partial charge in [-0.3, -0.25) is 9.27 Å². The van der Waals surface area contributed by atoms with Gasteiger partial charge >= 0.3 is 6.03 Å². The predicted molar refractivity (Wildman–Crippen MR) is 148 cm³/mol. The maximum Gasteiger partial charge on any atom is 0.323 e. The summed E-state index contributed by atoms with van der Waals surface area (Å²) in [5.41, 5.74) is 1.06. The van der Waals surface area contributed by atoms with Crippen molar-refractivity contribution in [3.63, 3.8) is 0 Å². The van der Waals surface area contributed by atoms with Crippen LogP contribution < -0.4 is 15.4 Å². The molecule has 0 atom stereocenters. The summed E-state index contributed by atoms with van der Waals surface area (Å²) in [5, 5.41) is 8.90. The van der Waals surface area contributed by atoms with Gasteiger partial charge in [0.05, 0.1) is 15.5 Å². The van der Waals surface area contributed by atoms with Crippen molar-refractivity contribution in [2.75, 3.05) is 15.4 Å². The molecule has 0 saturated carbocycles. The highest BCUT2D eigenvalue weighted by molar-refractivity contribution is 7.92. The molecule has 192 valence electrons. The number of anilines is 3. The molecule has 0 heterocycles. The molecule has 4 N–H and O–H groups in total. The molecule has 2 amide bonds. The van der Waals surface area contributed by atoms with Crippen LogP contribution in [-0.4, -0.2) is 27.4 Å². The van der Waals surface area contributed by atoms with E-state index in [9.17, 15) is 26.2 Å². The third-order valence-corrected chi connectivity index (χ3v) is 8.00. The fourth-order valence-electron chi connectivity index (χ4n) is 3.96. The lowest BCUT2D eigenvalue weighted by Crippen LogP contribution is -2.19. The van der Waals surface area contributed by atoms with Crippen molar-refractivity contribution in [2.24, 2.45) is 0 Å². The zero-order valence-corrected chi connectivity index (χ0v) is 21.3. The molecule has 0 unspecified atom stereocenters. The highest BCUT2D eigenvalue weighted by Gasteiger charge is 2.17. The molecule has 0 spiro atoms. The Labute approximate surface area is 218 Å². The van der Waals surface area contributed by atoms with Gasteiger partial charge in [0.1, 0.15) is 0 Å². The SMILES string of the molecule is O=C(Nc1ccc2ccccc2c1)Nc1ccc2ccc(S(=O)(=O)Nc3cccc(S(=O)(=O)O)c3)cc2c1. The number of fused-ring (bicyclic) bond motifs is 2. The Morgan fingerprint density at radius 2 is 1.16 bits per heavy atom. The number of hydrogen-bond acceptors (Lipinski definition) is 5. The van der Waals surface area contributed by atoms with Crippen LogP contribution in [0.4, 0.5) is 21.9 Å². The molecular weight excluding hydrogens is 526 g/mol. The Kier molecular flexibility index (Phi) is 6.49. The number of nitrogens with one attached hydrogen (secondary N) is 3. The number of rotatable bonds is 6. The van der Waals surface area contributed by atoms with Gasteiger partial charge in [-0.05, 0) is 76.1 Å². The zero-order valence-electron chi connectivity index (χ0n) is 19.6. The molecule has 0 aliphatic carbocycles. The largest absolute Gasteiger partial charge is 0.323 e. The molecule has 0 aliphatic heterocycles. The molecule has 5 rings (SSSR count). The molecule has 5 aromatic carbocycles. The van der Waals surface area contributed by atoms with Gasteiger partial charge in [-0.1, -0.05) is 48.5 Å². The van der Waals surface area contributed by atoms with Crippen LogP contribution in [0.15, 0.2) is 113 Å². The standard InChI is InChI=1S/C27H21N3O6S2/c31-27(28-22-11-8-18-4-1-2-5-20(18)14-22)29-23-12-9-19-10-13-25(16-21(19)15-23)37(32,33)30-24-6-3-7-26(17-24)38(34,35)36/h1-17,30H,(H2,28,29,31)(H,34,35,36). The quantitative estimate of drug-likeness (QED) is 0.201. The van der Waals surface area contributed by atoms with Crippen LogP contribution in [0.25, 0.3) is 21.5 Å². The molecule has 0 aromatic heterocycles. The Morgan fingerprint density at radius 3 is 1.84 bits per heavy atom. The van der Waals surface area contributed by atoms with Gasteiger partial charge in [-0.25, -0.2) is 13.2 Å². The number of amides is 2. The molecular formula is C27H21N3O6S2. The van der Waals surface area contributed by atoms with Crippen LogP contribution in [0.3, 0.4) is 0 Å². The van der Waals surface area contributed by atoms with E-state index in [-0.39, 0.29) is 10.6 Å². The lowest BCUT2D eigenvalue weighted by molar-refractivity contribution is 0.262. The summed E-state index contributed by atoms with van der Waals surface area (Å²) >= 11 is 0. The van der Waals surface area contributed by atoms with Crippen LogP contribution in [0.2, 0.25) is 0 Å². The molecule has 0 fully saturated rings. The van der Waals surface area contributed by atoms with Crippen molar-refractivity contribution in [3.8, 4) is 0 Å². The summed E-state index contributed by atoms with van der Waals surface area (Å²) < 4.78 is 60.2. The summed E-state index contributed by atoms with van der Waals surface area (Å²) in [6.07, 6.45) is 0. The van der Waals surface area contributed by atoms with E-state index in [2.05, 4.69) is 15.4 Å². The molecule has 38 heavy (non-hydrogen) atoms. The number of sulfonamides is 1. The summed E-state index contributed by atoms with van der Waals surface area (Å²) in [6, 6.07) is 27.3. The summed E-state index contributed by atoms with van der Waals surface area (Å²) in [7, 11) is -8.58. The van der Waals surface area contributed by atoms with E-state index in [0.717, 1.165) is 28.3 Å². The number of carbonyl (C=O) groups excluding carboxylic acids is 1. The van der Waals surface area contributed by atoms with Gasteiger partial charge in [0.2, 0.25) is 0 Å². The van der Waals surface area contributed by atoms with E-state index in [4.69, 9.17) is 0 Å². The van der Waals surface area contributed by atoms with E-state index in [1.54, 1.807) is 30.3 Å². The summed E-state index contributed by atoms with van der Waals surface area (Å²) in [6.45, 7) is 0. The first-order chi connectivity index (χ1) is 18.1. The Balaban J connectivity index is 1.35. The van der Waals surface area contributed by atoms with Crippen molar-refractivity contribution >= 4 is 64.8 Å². The summed E-state index contributed by atoms with van der Waals surface area (Å²) in [4.78, 5) is 12.1. The third-order valence-electron chi connectivity index (χ3n) is 5.77. The van der Waals surface area contributed by atoms with Crippen molar-refractivity contribution in [1.82, 2.24) is 0 Å². The molecule has 11 heteroatoms. The highest BCUT2D eigenvalue weighted by atomic mass is 32.2. The van der Waals surface area contributed by atoms with Crippen molar-refractivity contribution in [3.05, 3.63) is 103 Å². The fraction of sp³-hybridized carbons (Fsp3) is 0. The lowest BCUT2D eigenvalue weighted by atomic mass is 10.1. The van der Waals surface area contributed by atoms with Crippen LogP contribution >= 0.6 is 0 Å². The van der Waals surface area contributed by atoms with E-state index >= 15 is 0 Å². The molecule has 5 aromatic rings. The Bertz CT molecular complexity index is 1920. The van der Waals surface area contributed by atoms with Crippen LogP contribution in [-0.2, 0) is 20.1 Å². The minimum Gasteiger partial charge on any atom is -0.308 e. The van der Waals surface area contributed by atoms with E-state index < -0.39 is 31.1 Å². The van der Waals surface area contributed by atoms with Crippen LogP contribution in [0, 0.1) is 0 Å². The molecule has 0 bridgehead atoms. The van der Waals surface area contributed by atoms with Crippen molar-refractivity contribution in [1.29, 1.82) is 0 Å². The van der Waals surface area contributed by atoms with Gasteiger partial charge in [0.15, 0.2) is 0 Å². The molecule has 0 aliphatic rings. The van der Waals surface area contributed by atoms with Crippen molar-refractivity contribution < 1.29 is 26.2 Å². The second kappa shape index (κ2) is 9.78. The lowest BCUT2D eigenvalue weighted by Gasteiger charge is -2.11. The normalized spacial score (nSPS) is 11.8. The second-order valence-electron chi connectivity index (χ2n) is 8.47. The maximum absolute atomic E-state index is 13.0. The molecule has 0 radical (unpaired) electrons. The predicted octanol–water partition coefficient (Wildman–Crippen LogP) is 5.68. The minimum absolute atomic E-state index is 0.0269. The molecule has 9 nitrogen and oxygen atoms in total. The van der Waals surface area contributed by atoms with Gasteiger partial charge in [-0.2, -0.15) is 8.42 Å². The highest BCUT2D eigenvalue weighted by Crippen LogP contribution is 2.25. The topological polar surface area (TPSA) is 142 Å². The number of carbonyl (C=O) groups is 1. The van der Waals surface area contributed by atoms with Gasteiger partial charge in [-0.15, -0.1) is 0 Å². The Morgan fingerprint density at radius 1 is 0.553 bits per heavy atom. The van der Waals surface area contributed by atoms with E-state index in [1.165, 1.54) is 24.3 Å². The first kappa shape index (κ1) is 25.2. The fourth-order valence-corrected chi connectivity index (χ4v) is 5.58. The van der Waals surface area contributed by atoms with Crippen LogP contribution in [0.5, 0.6) is 0 Å². The average molecular weight is 548 g/mol. The first-order valence-corrected chi connectivity index (χ1v) is 14.2. The van der Waals surface area contributed by atoms with Gasteiger partial charge in [0.25, 0.3) is 20.1 Å². The summed E-state index contributed by atoms with van der Waals surface area (Å²) in [5.74, 6) is 0. The minimum atomic E-state index is -4.49. The second-order valence-corrected chi connectivity index (χ2v) is 11.6. The average Bonchev–Trinajstić information content (AvgIpc) is 2.87. The monoisotopic (exact) mass is 547 g/mol. The van der Waals surface area contributed by atoms with Crippen molar-refractivity contribution in [2.45, 2.75) is 9.79 Å². The maximum atomic E-state index is 13.0. The van der Waals surface area contributed by atoms with E-state index in [0.29, 0.717) is 16.8 Å². The third kappa shape index (κ3) is 5.59. The Hall–Kier alpha value is -4.45. The number of hydrogen-bond donors (Lipinski definition) is 4. The smallest absolute Gasteiger partial charge is 0.308 e. The van der Waals surface area contributed by atoms with Gasteiger partial charge < -0.3 is 10.6 Å². The zero-order chi connectivity index (χ0) is 26.9. The van der Waals surface area contributed by atoms with Crippen LogP contribution in [0.1, 0.15) is 0 Å². The van der Waals surface area contributed by atoms with E-state index in [1.807, 2.05) is 36.4 Å².